The second kappa shape index (κ2) is 30.5. The topological polar surface area (TPSA) is 133 Å². The van der Waals surface area contributed by atoms with Crippen LogP contribution in [0.5, 0.6) is 0 Å². The van der Waals surface area contributed by atoms with Crippen molar-refractivity contribution in [2.24, 2.45) is 5.73 Å². The Morgan fingerprint density at radius 2 is 1.24 bits per heavy atom. The normalized spacial score (nSPS) is 13.3. The summed E-state index contributed by atoms with van der Waals surface area (Å²) in [5.41, 5.74) is 5.32. The van der Waals surface area contributed by atoms with Crippen molar-refractivity contribution < 1.29 is 34.0 Å². The first-order valence-corrected chi connectivity index (χ1v) is 14.9. The molecule has 0 fully saturated rings. The molecule has 0 rings (SSSR count). The maximum atomic E-state index is 12.1. The molecule has 0 spiro atoms. The van der Waals surface area contributed by atoms with E-state index in [9.17, 15) is 15.0 Å². The van der Waals surface area contributed by atoms with E-state index in [1.165, 1.54) is 64.2 Å². The van der Waals surface area contributed by atoms with Crippen LogP contribution in [0.25, 0.3) is 0 Å². The van der Waals surface area contributed by atoms with Crippen LogP contribution in [0, 0.1) is 0 Å². The van der Waals surface area contributed by atoms with Crippen LogP contribution in [0.3, 0.4) is 0 Å². The van der Waals surface area contributed by atoms with Crippen molar-refractivity contribution in [3.63, 3.8) is 0 Å². The molecule has 0 heterocycles. The monoisotopic (exact) mass is 546 g/mol. The van der Waals surface area contributed by atoms with E-state index in [0.29, 0.717) is 52.8 Å². The first kappa shape index (κ1) is 36.9. The fourth-order valence-corrected chi connectivity index (χ4v) is 3.82. The lowest BCUT2D eigenvalue weighted by atomic mass is 10.0. The van der Waals surface area contributed by atoms with Crippen LogP contribution in [0.15, 0.2) is 12.2 Å². The Labute approximate surface area is 231 Å². The van der Waals surface area contributed by atoms with Crippen LogP contribution in [0.4, 0.5) is 0 Å². The summed E-state index contributed by atoms with van der Waals surface area (Å²) in [6, 6.07) is -0.722. The summed E-state index contributed by atoms with van der Waals surface area (Å²) in [4.78, 5) is 12.1. The molecule has 0 unspecified atom stereocenters. The van der Waals surface area contributed by atoms with E-state index in [-0.39, 0.29) is 25.5 Å². The number of aliphatic hydroxyl groups excluding tert-OH is 2. The molecule has 1 amide bonds. The highest BCUT2D eigenvalue weighted by atomic mass is 16.6. The molecule has 5 N–H and O–H groups in total. The van der Waals surface area contributed by atoms with E-state index in [1.54, 1.807) is 6.08 Å². The summed E-state index contributed by atoms with van der Waals surface area (Å²) in [6.45, 7) is 5.96. The number of amides is 1. The van der Waals surface area contributed by atoms with Crippen molar-refractivity contribution >= 4 is 5.91 Å². The number of hydrogen-bond donors (Lipinski definition) is 4. The Kier molecular flexibility index (Phi) is 29.6. The summed E-state index contributed by atoms with van der Waals surface area (Å²) < 4.78 is 21.3. The highest BCUT2D eigenvalue weighted by molar-refractivity contribution is 5.76. The number of unbranched alkanes of at least 4 members (excludes halogenated alkanes) is 11. The standard InChI is InChI=1S/C29H58N2O7/c1-2-3-4-5-6-7-8-9-10-11-12-13-14-15-28(33)27(26-32)31-29(34)16-18-35-20-22-37-24-25-38-23-21-36-19-17-30/h14-15,27-28,32-33H,2-13,16-26,30H2,1H3,(H,31,34)/b15-14+/t27-,28+/m0/s1. The van der Waals surface area contributed by atoms with Gasteiger partial charge in [-0.25, -0.2) is 0 Å². The van der Waals surface area contributed by atoms with Crippen molar-refractivity contribution in [1.29, 1.82) is 0 Å². The van der Waals surface area contributed by atoms with E-state index in [0.717, 1.165) is 12.8 Å². The molecule has 0 bridgehead atoms. The molecule has 38 heavy (non-hydrogen) atoms. The minimum absolute atomic E-state index is 0.150. The second-order valence-electron chi connectivity index (χ2n) is 9.59. The molecule has 226 valence electrons. The van der Waals surface area contributed by atoms with Crippen LogP contribution in [-0.2, 0) is 23.7 Å². The molecule has 0 aromatic rings. The van der Waals surface area contributed by atoms with Gasteiger partial charge in [-0.1, -0.05) is 83.3 Å². The molecule has 9 nitrogen and oxygen atoms in total. The third-order valence-electron chi connectivity index (χ3n) is 6.11. The summed E-state index contributed by atoms with van der Waals surface area (Å²) in [6.07, 6.45) is 18.1. The predicted octanol–water partition coefficient (Wildman–Crippen LogP) is 3.50. The van der Waals surface area contributed by atoms with Crippen LogP contribution in [-0.4, -0.2) is 94.3 Å². The van der Waals surface area contributed by atoms with Crippen molar-refractivity contribution in [2.45, 2.75) is 103 Å². The molecule has 0 aliphatic rings. The molecule has 0 saturated heterocycles. The smallest absolute Gasteiger partial charge is 0.222 e. The molecule has 0 radical (unpaired) electrons. The van der Waals surface area contributed by atoms with Gasteiger partial charge in [-0.3, -0.25) is 4.79 Å². The van der Waals surface area contributed by atoms with Gasteiger partial charge in [-0.15, -0.1) is 0 Å². The fourth-order valence-electron chi connectivity index (χ4n) is 3.82. The van der Waals surface area contributed by atoms with Gasteiger partial charge in [-0.2, -0.15) is 0 Å². The third kappa shape index (κ3) is 26.5. The van der Waals surface area contributed by atoms with Crippen LogP contribution in [0.2, 0.25) is 0 Å². The van der Waals surface area contributed by atoms with Crippen LogP contribution in [0.1, 0.15) is 90.4 Å². The number of carbonyl (C=O) groups excluding carboxylic acids is 1. The predicted molar refractivity (Wildman–Crippen MR) is 152 cm³/mol. The largest absolute Gasteiger partial charge is 0.394 e. The zero-order chi connectivity index (χ0) is 27.9. The summed E-state index contributed by atoms with van der Waals surface area (Å²) >= 11 is 0. The Bertz CT molecular complexity index is 523. The lowest BCUT2D eigenvalue weighted by Gasteiger charge is -2.20. The van der Waals surface area contributed by atoms with Crippen molar-refractivity contribution in [3.8, 4) is 0 Å². The molecule has 0 aliphatic carbocycles. The number of nitrogens with two attached hydrogens (primary N) is 1. The van der Waals surface area contributed by atoms with Gasteiger partial charge in [-0.05, 0) is 12.8 Å². The summed E-state index contributed by atoms with van der Waals surface area (Å²) in [7, 11) is 0. The molecule has 0 aromatic heterocycles. The van der Waals surface area contributed by atoms with Gasteiger partial charge >= 0.3 is 0 Å². The maximum Gasteiger partial charge on any atom is 0.222 e. The minimum atomic E-state index is -0.916. The van der Waals surface area contributed by atoms with E-state index in [4.69, 9.17) is 24.7 Å². The second-order valence-corrected chi connectivity index (χ2v) is 9.59. The molecule has 2 atom stereocenters. The zero-order valence-electron chi connectivity index (χ0n) is 24.1. The van der Waals surface area contributed by atoms with Gasteiger partial charge in [0.1, 0.15) is 0 Å². The van der Waals surface area contributed by atoms with E-state index < -0.39 is 12.1 Å². The number of allylic oxidation sites excluding steroid dienone is 1. The van der Waals surface area contributed by atoms with Crippen LogP contribution < -0.4 is 11.1 Å². The van der Waals surface area contributed by atoms with Crippen molar-refractivity contribution in [3.05, 3.63) is 12.2 Å². The lowest BCUT2D eigenvalue weighted by Crippen LogP contribution is -2.45. The highest BCUT2D eigenvalue weighted by Gasteiger charge is 2.18. The minimum Gasteiger partial charge on any atom is -0.394 e. The third-order valence-corrected chi connectivity index (χ3v) is 6.11. The Hall–Kier alpha value is -1.07. The number of rotatable bonds is 30. The van der Waals surface area contributed by atoms with Gasteiger partial charge in [0.25, 0.3) is 0 Å². The number of hydrogen-bond acceptors (Lipinski definition) is 8. The molecule has 9 heteroatoms. The lowest BCUT2D eigenvalue weighted by molar-refractivity contribution is -0.124. The van der Waals surface area contributed by atoms with Crippen LogP contribution >= 0.6 is 0 Å². The highest BCUT2D eigenvalue weighted by Crippen LogP contribution is 2.12. The first-order chi connectivity index (χ1) is 18.7. The van der Waals surface area contributed by atoms with Gasteiger partial charge in [0.15, 0.2) is 0 Å². The van der Waals surface area contributed by atoms with E-state index in [1.807, 2.05) is 6.08 Å². The molecule has 0 aromatic carbocycles. The summed E-state index contributed by atoms with van der Waals surface area (Å²) in [5.74, 6) is -0.270. The maximum absolute atomic E-state index is 12.1. The number of carbonyl (C=O) groups is 1. The SMILES string of the molecule is CCCCCCCCCCCCC/C=C/[C@@H](O)[C@H](CO)NC(=O)CCOCCOCCOCCOCCN. The zero-order valence-corrected chi connectivity index (χ0v) is 24.1. The Morgan fingerprint density at radius 1 is 0.763 bits per heavy atom. The average molecular weight is 547 g/mol. The fraction of sp³-hybridized carbons (Fsp3) is 0.897. The molecular formula is C29H58N2O7. The Balaban J connectivity index is 3.63. The van der Waals surface area contributed by atoms with Gasteiger partial charge in [0, 0.05) is 13.0 Å². The number of aliphatic hydroxyl groups is 2. The van der Waals surface area contributed by atoms with Crippen molar-refractivity contribution in [2.75, 3.05) is 66.0 Å². The molecular weight excluding hydrogens is 488 g/mol. The first-order valence-electron chi connectivity index (χ1n) is 14.9. The van der Waals surface area contributed by atoms with E-state index >= 15 is 0 Å². The number of nitrogens with one attached hydrogen (secondary N) is 1. The van der Waals surface area contributed by atoms with Gasteiger partial charge in [0.05, 0.1) is 71.6 Å². The quantitative estimate of drug-likeness (QED) is 0.0795. The van der Waals surface area contributed by atoms with E-state index in [2.05, 4.69) is 12.2 Å². The molecule has 0 saturated carbocycles. The number of ether oxygens (including phenoxy) is 4. The Morgan fingerprint density at radius 3 is 1.74 bits per heavy atom. The van der Waals surface area contributed by atoms with Crippen molar-refractivity contribution in [1.82, 2.24) is 5.32 Å². The average Bonchev–Trinajstić information content (AvgIpc) is 2.92. The van der Waals surface area contributed by atoms with Gasteiger partial charge < -0.3 is 40.2 Å². The van der Waals surface area contributed by atoms with Gasteiger partial charge in [0.2, 0.25) is 5.91 Å². The summed E-state index contributed by atoms with van der Waals surface area (Å²) in [5, 5.41) is 22.5. The molecule has 0 aliphatic heterocycles.